The Bertz CT molecular complexity index is 384. The molecule has 0 aliphatic heterocycles. The van der Waals surface area contributed by atoms with E-state index in [0.717, 1.165) is 11.6 Å². The summed E-state index contributed by atoms with van der Waals surface area (Å²) in [6.07, 6.45) is 7.86. The third-order valence-electron chi connectivity index (χ3n) is 3.96. The first-order valence-corrected chi connectivity index (χ1v) is 7.39. The summed E-state index contributed by atoms with van der Waals surface area (Å²) >= 11 is 6.03. The van der Waals surface area contributed by atoms with Crippen LogP contribution in [-0.4, -0.2) is 6.04 Å². The topological polar surface area (TPSA) is 38.0 Å². The molecule has 3 N–H and O–H groups in total. The Balaban J connectivity index is 1.90. The molecule has 2 rings (SSSR count). The molecule has 0 heterocycles. The highest BCUT2D eigenvalue weighted by Crippen LogP contribution is 2.32. The van der Waals surface area contributed by atoms with Crippen molar-refractivity contribution in [2.45, 2.75) is 51.5 Å². The van der Waals surface area contributed by atoms with E-state index in [1.165, 1.54) is 38.5 Å². The fourth-order valence-corrected chi connectivity index (χ4v) is 3.06. The summed E-state index contributed by atoms with van der Waals surface area (Å²) in [5.74, 6) is 0.935. The monoisotopic (exact) mass is 266 g/mol. The summed E-state index contributed by atoms with van der Waals surface area (Å²) in [6.45, 7) is 2.27. The molecular formula is C15H23ClN2. The number of nitrogens with one attached hydrogen (secondary N) is 1. The van der Waals surface area contributed by atoms with E-state index >= 15 is 0 Å². The molecule has 100 valence electrons. The molecule has 1 aliphatic carbocycles. The lowest BCUT2D eigenvalue weighted by atomic mass is 9.83. The molecule has 0 atom stereocenters. The van der Waals surface area contributed by atoms with Crippen LogP contribution in [0.1, 0.15) is 45.4 Å². The van der Waals surface area contributed by atoms with Gasteiger partial charge in [-0.25, -0.2) is 0 Å². The van der Waals surface area contributed by atoms with Gasteiger partial charge in [-0.05, 0) is 43.7 Å². The first-order valence-electron chi connectivity index (χ1n) is 7.01. The van der Waals surface area contributed by atoms with Crippen LogP contribution in [0, 0.1) is 5.92 Å². The van der Waals surface area contributed by atoms with E-state index in [9.17, 15) is 0 Å². The van der Waals surface area contributed by atoms with Crippen LogP contribution in [-0.2, 0) is 0 Å². The molecule has 1 aromatic carbocycles. The van der Waals surface area contributed by atoms with Gasteiger partial charge in [0.15, 0.2) is 0 Å². The number of nitrogens with two attached hydrogens (primary N) is 1. The molecule has 0 amide bonds. The molecule has 1 aliphatic rings. The highest BCUT2D eigenvalue weighted by atomic mass is 35.5. The summed E-state index contributed by atoms with van der Waals surface area (Å²) in [5, 5.41) is 4.18. The maximum atomic E-state index is 6.03. The molecule has 0 spiro atoms. The van der Waals surface area contributed by atoms with Crippen LogP contribution in [0.3, 0.4) is 0 Å². The lowest BCUT2D eigenvalue weighted by Crippen LogP contribution is -2.26. The van der Waals surface area contributed by atoms with Gasteiger partial charge >= 0.3 is 0 Å². The van der Waals surface area contributed by atoms with E-state index in [-0.39, 0.29) is 0 Å². The average Bonchev–Trinajstić information content (AvgIpc) is 2.38. The molecule has 1 saturated carbocycles. The molecule has 18 heavy (non-hydrogen) atoms. The molecule has 3 heteroatoms. The number of hydrogen-bond donors (Lipinski definition) is 2. The summed E-state index contributed by atoms with van der Waals surface area (Å²) in [7, 11) is 0. The maximum absolute atomic E-state index is 6.03. The van der Waals surface area contributed by atoms with Crippen molar-refractivity contribution in [2.24, 2.45) is 5.92 Å². The Kier molecular flexibility index (Phi) is 4.76. The number of hydrogen-bond acceptors (Lipinski definition) is 2. The Hall–Kier alpha value is -0.890. The van der Waals surface area contributed by atoms with Gasteiger partial charge in [0.2, 0.25) is 0 Å². The van der Waals surface area contributed by atoms with Gasteiger partial charge in [-0.1, -0.05) is 37.4 Å². The van der Waals surface area contributed by atoms with Crippen molar-refractivity contribution in [1.82, 2.24) is 0 Å². The van der Waals surface area contributed by atoms with Gasteiger partial charge in [-0.2, -0.15) is 0 Å². The smallest absolute Gasteiger partial charge is 0.0739 e. The Morgan fingerprint density at radius 1 is 1.28 bits per heavy atom. The molecular weight excluding hydrogens is 244 g/mol. The minimum Gasteiger partial charge on any atom is -0.396 e. The first-order chi connectivity index (χ1) is 8.70. The van der Waals surface area contributed by atoms with E-state index in [4.69, 9.17) is 17.3 Å². The van der Waals surface area contributed by atoms with E-state index in [2.05, 4.69) is 12.2 Å². The number of nitrogen functional groups attached to an aromatic ring is 1. The highest BCUT2D eigenvalue weighted by molar-refractivity contribution is 6.33. The largest absolute Gasteiger partial charge is 0.396 e. The molecule has 0 aromatic heterocycles. The molecule has 0 unspecified atom stereocenters. The van der Waals surface area contributed by atoms with E-state index in [0.29, 0.717) is 16.8 Å². The molecule has 0 bridgehead atoms. The van der Waals surface area contributed by atoms with Crippen LogP contribution in [0.2, 0.25) is 5.02 Å². The second-order valence-corrected chi connectivity index (χ2v) is 5.76. The second-order valence-electron chi connectivity index (χ2n) is 5.35. The summed E-state index contributed by atoms with van der Waals surface area (Å²) in [5.41, 5.74) is 7.64. The summed E-state index contributed by atoms with van der Waals surface area (Å²) in [4.78, 5) is 0. The van der Waals surface area contributed by atoms with Gasteiger partial charge in [-0.15, -0.1) is 0 Å². The zero-order chi connectivity index (χ0) is 13.0. The lowest BCUT2D eigenvalue weighted by molar-refractivity contribution is 0.319. The highest BCUT2D eigenvalue weighted by Gasteiger charge is 2.20. The van der Waals surface area contributed by atoms with Crippen LogP contribution in [0.15, 0.2) is 18.2 Å². The number of para-hydroxylation sites is 1. The van der Waals surface area contributed by atoms with Gasteiger partial charge in [-0.3, -0.25) is 0 Å². The van der Waals surface area contributed by atoms with Gasteiger partial charge in [0, 0.05) is 6.04 Å². The minimum atomic E-state index is 0.555. The van der Waals surface area contributed by atoms with Crippen molar-refractivity contribution >= 4 is 23.0 Å². The Morgan fingerprint density at radius 2 is 2.00 bits per heavy atom. The standard InChI is InChI=1S/C15H23ClN2/c1-2-4-11-7-9-12(10-8-11)18-14-6-3-5-13(16)15(14)17/h3,5-6,11-12,18H,2,4,7-10,17H2,1H3. The fourth-order valence-electron chi connectivity index (χ4n) is 2.89. The van der Waals surface area contributed by atoms with E-state index in [1.54, 1.807) is 0 Å². The van der Waals surface area contributed by atoms with Crippen molar-refractivity contribution in [2.75, 3.05) is 11.1 Å². The average molecular weight is 267 g/mol. The third-order valence-corrected chi connectivity index (χ3v) is 4.29. The molecule has 1 fully saturated rings. The quantitative estimate of drug-likeness (QED) is 0.776. The number of benzene rings is 1. The zero-order valence-corrected chi connectivity index (χ0v) is 11.8. The van der Waals surface area contributed by atoms with Gasteiger partial charge < -0.3 is 11.1 Å². The summed E-state index contributed by atoms with van der Waals surface area (Å²) < 4.78 is 0. The van der Waals surface area contributed by atoms with Crippen molar-refractivity contribution in [3.8, 4) is 0 Å². The van der Waals surface area contributed by atoms with Gasteiger partial charge in [0.05, 0.1) is 16.4 Å². The van der Waals surface area contributed by atoms with Crippen molar-refractivity contribution in [1.29, 1.82) is 0 Å². The Labute approximate surface area is 115 Å². The fraction of sp³-hybridized carbons (Fsp3) is 0.600. The van der Waals surface area contributed by atoms with E-state index < -0.39 is 0 Å². The normalized spacial score (nSPS) is 23.9. The number of anilines is 2. The van der Waals surface area contributed by atoms with Crippen LogP contribution >= 0.6 is 11.6 Å². The molecule has 2 nitrogen and oxygen atoms in total. The number of halogens is 1. The van der Waals surface area contributed by atoms with Crippen LogP contribution in [0.4, 0.5) is 11.4 Å². The first kappa shape index (κ1) is 13.5. The van der Waals surface area contributed by atoms with Crippen molar-refractivity contribution in [3.63, 3.8) is 0 Å². The molecule has 0 saturated heterocycles. The second kappa shape index (κ2) is 6.33. The number of rotatable bonds is 4. The molecule has 1 aromatic rings. The third kappa shape index (κ3) is 3.32. The van der Waals surface area contributed by atoms with Crippen molar-refractivity contribution in [3.05, 3.63) is 23.2 Å². The van der Waals surface area contributed by atoms with Gasteiger partial charge in [0.1, 0.15) is 0 Å². The minimum absolute atomic E-state index is 0.555. The summed E-state index contributed by atoms with van der Waals surface area (Å²) in [6, 6.07) is 6.35. The van der Waals surface area contributed by atoms with Gasteiger partial charge in [0.25, 0.3) is 0 Å². The lowest BCUT2D eigenvalue weighted by Gasteiger charge is -2.30. The predicted octanol–water partition coefficient (Wildman–Crippen LogP) is 4.69. The van der Waals surface area contributed by atoms with Crippen molar-refractivity contribution < 1.29 is 0 Å². The Morgan fingerprint density at radius 3 is 2.67 bits per heavy atom. The van der Waals surface area contributed by atoms with Crippen LogP contribution in [0.25, 0.3) is 0 Å². The van der Waals surface area contributed by atoms with E-state index in [1.807, 2.05) is 18.2 Å². The zero-order valence-electron chi connectivity index (χ0n) is 11.1. The van der Waals surface area contributed by atoms with Crippen LogP contribution in [0.5, 0.6) is 0 Å². The SMILES string of the molecule is CCCC1CCC(Nc2cccc(Cl)c2N)CC1. The predicted molar refractivity (Wildman–Crippen MR) is 80.1 cm³/mol. The maximum Gasteiger partial charge on any atom is 0.0739 e. The molecule has 0 radical (unpaired) electrons. The van der Waals surface area contributed by atoms with Crippen LogP contribution < -0.4 is 11.1 Å².